The Balaban J connectivity index is 1.57. The molecule has 0 saturated heterocycles. The van der Waals surface area contributed by atoms with E-state index in [9.17, 15) is 0 Å². The molecule has 7 heteroatoms. The summed E-state index contributed by atoms with van der Waals surface area (Å²) in [4.78, 5) is 29.5. The Morgan fingerprint density at radius 2 is 0.625 bits per heavy atom. The normalized spacial score (nSPS) is 11.2. The van der Waals surface area contributed by atoms with E-state index in [1.807, 2.05) is 24.8 Å². The van der Waals surface area contributed by atoms with Gasteiger partial charge in [-0.2, -0.15) is 0 Å². The van der Waals surface area contributed by atoms with Crippen molar-refractivity contribution in [3.8, 4) is 0 Å². The van der Waals surface area contributed by atoms with Gasteiger partial charge in [-0.1, -0.05) is 111 Å². The van der Waals surface area contributed by atoms with E-state index in [1.54, 1.807) is 0 Å². The minimum Gasteiger partial charge on any atom is -0.262 e. The fourth-order valence-corrected chi connectivity index (χ4v) is 7.34. The molecule has 0 unspecified atom stereocenters. The first kappa shape index (κ1) is 42.5. The second-order valence-corrected chi connectivity index (χ2v) is 15.4. The van der Waals surface area contributed by atoms with Gasteiger partial charge in [0.05, 0.1) is 0 Å². The molecule has 0 atom stereocenters. The number of rotatable bonds is 26. The van der Waals surface area contributed by atoms with E-state index in [-0.39, 0.29) is 0 Å². The molecule has 0 spiro atoms. The van der Waals surface area contributed by atoms with Crippen molar-refractivity contribution in [3.05, 3.63) is 114 Å². The lowest BCUT2D eigenvalue weighted by Gasteiger charge is -2.26. The Morgan fingerprint density at radius 3 is 0.893 bits per heavy atom. The number of hydrogen-bond acceptors (Lipinski definition) is 7. The molecule has 0 radical (unpaired) electrons. The van der Waals surface area contributed by atoms with Gasteiger partial charge < -0.3 is 0 Å². The first-order chi connectivity index (χ1) is 27.6. The van der Waals surface area contributed by atoms with Crippen molar-refractivity contribution in [3.63, 3.8) is 0 Å². The summed E-state index contributed by atoms with van der Waals surface area (Å²) in [7, 11) is 0. The van der Waals surface area contributed by atoms with Gasteiger partial charge in [-0.05, 0) is 134 Å². The third-order valence-corrected chi connectivity index (χ3v) is 10.6. The maximum absolute atomic E-state index is 5.44. The second-order valence-electron chi connectivity index (χ2n) is 15.4. The topological polar surface area (TPSA) is 70.9 Å². The average molecular weight is 754 g/mol. The van der Waals surface area contributed by atoms with Crippen LogP contribution in [0.4, 0.5) is 34.9 Å². The van der Waals surface area contributed by atoms with Crippen LogP contribution in [0.15, 0.2) is 91.5 Å². The molecule has 0 bridgehead atoms. The number of pyridine rings is 5. The van der Waals surface area contributed by atoms with Gasteiger partial charge in [0.25, 0.3) is 0 Å². The zero-order valence-electron chi connectivity index (χ0n) is 34.9. The molecule has 5 aromatic heterocycles. The number of unbranched alkanes of at least 4 members (excludes halogenated alkanes) is 12. The zero-order chi connectivity index (χ0) is 39.2. The third-order valence-electron chi connectivity index (χ3n) is 10.6. The molecule has 0 aliphatic rings. The van der Waals surface area contributed by atoms with E-state index >= 15 is 0 Å². The standard InChI is InChI=1S/C49H67N7/c1-5-9-13-17-22-40-28-32-50-46(36-40)55(47-37-41(29-33-51-47)23-18-14-10-6-2)44-26-21-27-45(54-44)56(48-38-42(30-34-52-48)24-19-15-11-7-3)49-39-43(31-35-53-49)25-20-16-12-8-4/h21,26-39H,5-20,22-25H2,1-4H3. The Hall–Kier alpha value is -4.65. The van der Waals surface area contributed by atoms with Crippen LogP contribution >= 0.6 is 0 Å². The summed E-state index contributed by atoms with van der Waals surface area (Å²) in [5.74, 6) is 4.80. The quantitative estimate of drug-likeness (QED) is 0.0521. The Morgan fingerprint density at radius 1 is 0.339 bits per heavy atom. The van der Waals surface area contributed by atoms with Gasteiger partial charge in [0, 0.05) is 24.8 Å². The molecule has 56 heavy (non-hydrogen) atoms. The van der Waals surface area contributed by atoms with Crippen LogP contribution < -0.4 is 9.80 Å². The van der Waals surface area contributed by atoms with Gasteiger partial charge >= 0.3 is 0 Å². The van der Waals surface area contributed by atoms with E-state index in [0.29, 0.717) is 0 Å². The predicted octanol–water partition coefficient (Wildman–Crippen LogP) is 14.1. The third kappa shape index (κ3) is 13.2. The summed E-state index contributed by atoms with van der Waals surface area (Å²) in [5.41, 5.74) is 5.13. The van der Waals surface area contributed by atoms with Crippen LogP contribution in [0.1, 0.15) is 153 Å². The van der Waals surface area contributed by atoms with Crippen LogP contribution in [0, 0.1) is 0 Å². The SMILES string of the molecule is CCCCCCc1ccnc(N(c2cc(CCCCCC)ccn2)c2cccc(N(c3cc(CCCCCC)ccn3)c3cc(CCCCCC)ccn3)n2)c1. The van der Waals surface area contributed by atoms with Gasteiger partial charge in [-0.15, -0.1) is 0 Å². The lowest BCUT2D eigenvalue weighted by atomic mass is 10.1. The minimum atomic E-state index is 0.755. The molecule has 7 nitrogen and oxygen atoms in total. The Kier molecular flexibility index (Phi) is 18.3. The van der Waals surface area contributed by atoms with Crippen LogP contribution in [0.25, 0.3) is 0 Å². The molecule has 0 saturated carbocycles. The fraction of sp³-hybridized carbons (Fsp3) is 0.490. The molecule has 0 fully saturated rings. The van der Waals surface area contributed by atoms with Crippen LogP contribution in [-0.2, 0) is 25.7 Å². The zero-order valence-corrected chi connectivity index (χ0v) is 34.9. The van der Waals surface area contributed by atoms with E-state index in [1.165, 1.54) is 125 Å². The molecule has 0 amide bonds. The molecule has 5 rings (SSSR count). The van der Waals surface area contributed by atoms with E-state index < -0.39 is 0 Å². The molecule has 0 N–H and O–H groups in total. The molecular formula is C49H67N7. The van der Waals surface area contributed by atoms with Gasteiger partial charge in [0.2, 0.25) is 0 Å². The number of nitrogens with zero attached hydrogens (tertiary/aromatic N) is 7. The highest BCUT2D eigenvalue weighted by Crippen LogP contribution is 2.37. The Labute approximate surface area is 338 Å². The summed E-state index contributed by atoms with van der Waals surface area (Å²) >= 11 is 0. The van der Waals surface area contributed by atoms with E-state index in [2.05, 4.69) is 104 Å². The van der Waals surface area contributed by atoms with Crippen molar-refractivity contribution < 1.29 is 0 Å². The van der Waals surface area contributed by atoms with Crippen LogP contribution in [-0.4, -0.2) is 24.9 Å². The van der Waals surface area contributed by atoms with Crippen molar-refractivity contribution in [1.82, 2.24) is 24.9 Å². The van der Waals surface area contributed by atoms with Crippen molar-refractivity contribution in [2.24, 2.45) is 0 Å². The molecule has 5 heterocycles. The van der Waals surface area contributed by atoms with Crippen molar-refractivity contribution in [1.29, 1.82) is 0 Å². The van der Waals surface area contributed by atoms with Gasteiger partial charge in [0.1, 0.15) is 34.9 Å². The average Bonchev–Trinajstić information content (AvgIpc) is 3.23. The van der Waals surface area contributed by atoms with Gasteiger partial charge in [0.15, 0.2) is 0 Å². The molecule has 0 aliphatic carbocycles. The first-order valence-corrected chi connectivity index (χ1v) is 22.0. The van der Waals surface area contributed by atoms with E-state index in [0.717, 1.165) is 60.6 Å². The maximum atomic E-state index is 5.44. The van der Waals surface area contributed by atoms with Crippen molar-refractivity contribution in [2.75, 3.05) is 9.80 Å². The number of hydrogen-bond donors (Lipinski definition) is 0. The number of aryl methyl sites for hydroxylation is 4. The van der Waals surface area contributed by atoms with Crippen LogP contribution in [0.2, 0.25) is 0 Å². The Bertz CT molecular complexity index is 1620. The molecular weight excluding hydrogens is 687 g/mol. The van der Waals surface area contributed by atoms with Crippen LogP contribution in [0.3, 0.4) is 0 Å². The highest BCUT2D eigenvalue weighted by atomic mass is 15.3. The van der Waals surface area contributed by atoms with Gasteiger partial charge in [-0.25, -0.2) is 24.9 Å². The summed E-state index contributed by atoms with van der Waals surface area (Å²) in [5, 5.41) is 0. The number of anilines is 6. The predicted molar refractivity (Wildman–Crippen MR) is 236 cm³/mol. The highest BCUT2D eigenvalue weighted by molar-refractivity contribution is 5.75. The summed E-state index contributed by atoms with van der Waals surface area (Å²) in [6.45, 7) is 9.05. The largest absolute Gasteiger partial charge is 0.262 e. The summed E-state index contributed by atoms with van der Waals surface area (Å²) in [6.07, 6.45) is 31.4. The highest BCUT2D eigenvalue weighted by Gasteiger charge is 2.22. The maximum Gasteiger partial charge on any atom is 0.142 e. The van der Waals surface area contributed by atoms with Crippen molar-refractivity contribution in [2.45, 2.75) is 156 Å². The first-order valence-electron chi connectivity index (χ1n) is 22.0. The van der Waals surface area contributed by atoms with Crippen LogP contribution in [0.5, 0.6) is 0 Å². The monoisotopic (exact) mass is 754 g/mol. The summed E-state index contributed by atoms with van der Waals surface area (Å²) < 4.78 is 0. The summed E-state index contributed by atoms with van der Waals surface area (Å²) in [6, 6.07) is 23.7. The van der Waals surface area contributed by atoms with Crippen molar-refractivity contribution >= 4 is 34.9 Å². The number of aromatic nitrogens is 5. The molecule has 298 valence electrons. The lowest BCUT2D eigenvalue weighted by Crippen LogP contribution is -2.19. The lowest BCUT2D eigenvalue weighted by molar-refractivity contribution is 0.666. The minimum absolute atomic E-state index is 0.755. The molecule has 0 aliphatic heterocycles. The smallest absolute Gasteiger partial charge is 0.142 e. The van der Waals surface area contributed by atoms with E-state index in [4.69, 9.17) is 24.9 Å². The fourth-order valence-electron chi connectivity index (χ4n) is 7.34. The van der Waals surface area contributed by atoms with Gasteiger partial charge in [-0.3, -0.25) is 9.80 Å². The molecule has 0 aromatic carbocycles. The molecule has 5 aromatic rings. The second kappa shape index (κ2) is 24.1.